The molecule has 1 aliphatic rings. The Bertz CT molecular complexity index is 784. The van der Waals surface area contributed by atoms with Crippen molar-refractivity contribution in [3.05, 3.63) is 47.5 Å². The number of benzene rings is 2. The minimum atomic E-state index is 0.135. The van der Waals surface area contributed by atoms with Gasteiger partial charge in [0.1, 0.15) is 0 Å². The molecule has 0 saturated heterocycles. The lowest BCUT2D eigenvalue weighted by atomic mass is 9.78. The van der Waals surface area contributed by atoms with Gasteiger partial charge in [-0.2, -0.15) is 0 Å². The zero-order chi connectivity index (χ0) is 20.0. The van der Waals surface area contributed by atoms with Gasteiger partial charge in [-0.25, -0.2) is 0 Å². The number of methoxy groups -OCH3 is 4. The van der Waals surface area contributed by atoms with Crippen LogP contribution in [0.2, 0.25) is 0 Å². The third-order valence-electron chi connectivity index (χ3n) is 5.80. The van der Waals surface area contributed by atoms with E-state index in [1.54, 1.807) is 28.4 Å². The topological polar surface area (TPSA) is 49.0 Å². The van der Waals surface area contributed by atoms with Gasteiger partial charge in [0.05, 0.1) is 28.4 Å². The molecule has 2 aromatic rings. The molecule has 3 rings (SSSR count). The highest BCUT2D eigenvalue weighted by Crippen LogP contribution is 2.43. The summed E-state index contributed by atoms with van der Waals surface area (Å²) in [6, 6.07) is 12.4. The summed E-state index contributed by atoms with van der Waals surface area (Å²) in [5.74, 6) is 3.09. The van der Waals surface area contributed by atoms with Crippen LogP contribution in [-0.2, 0) is 12.0 Å². The van der Waals surface area contributed by atoms with Gasteiger partial charge in [0.15, 0.2) is 23.0 Å². The van der Waals surface area contributed by atoms with Gasteiger partial charge in [0, 0.05) is 18.5 Å². The standard InChI is InChI=1S/C23H31NO4/c1-25-19-9-7-17(13-21(19)27-3)15-24-16-23(11-5-6-12-23)18-8-10-20(26-2)22(14-18)28-4/h7-10,13-14,24H,5-6,11-12,15-16H2,1-4H3. The van der Waals surface area contributed by atoms with Gasteiger partial charge in [-0.05, 0) is 48.2 Å². The lowest BCUT2D eigenvalue weighted by molar-refractivity contribution is 0.350. The Morgan fingerprint density at radius 2 is 1.32 bits per heavy atom. The molecule has 152 valence electrons. The van der Waals surface area contributed by atoms with E-state index in [1.165, 1.54) is 36.8 Å². The van der Waals surface area contributed by atoms with E-state index in [2.05, 4.69) is 23.5 Å². The summed E-state index contributed by atoms with van der Waals surface area (Å²) in [7, 11) is 6.69. The van der Waals surface area contributed by atoms with Gasteiger partial charge in [0.2, 0.25) is 0 Å². The molecule has 0 heterocycles. The van der Waals surface area contributed by atoms with Crippen LogP contribution in [-0.4, -0.2) is 35.0 Å². The summed E-state index contributed by atoms with van der Waals surface area (Å²) >= 11 is 0. The van der Waals surface area contributed by atoms with Crippen molar-refractivity contribution in [2.24, 2.45) is 0 Å². The minimum absolute atomic E-state index is 0.135. The van der Waals surface area contributed by atoms with Crippen LogP contribution >= 0.6 is 0 Å². The number of rotatable bonds is 9. The Balaban J connectivity index is 1.73. The predicted molar refractivity (Wildman–Crippen MR) is 111 cm³/mol. The third kappa shape index (κ3) is 4.20. The van der Waals surface area contributed by atoms with Gasteiger partial charge in [-0.1, -0.05) is 25.0 Å². The van der Waals surface area contributed by atoms with Crippen LogP contribution in [0.5, 0.6) is 23.0 Å². The van der Waals surface area contributed by atoms with Crippen molar-refractivity contribution < 1.29 is 18.9 Å². The molecule has 0 amide bonds. The highest BCUT2D eigenvalue weighted by Gasteiger charge is 2.35. The van der Waals surface area contributed by atoms with Crippen LogP contribution in [0.25, 0.3) is 0 Å². The highest BCUT2D eigenvalue weighted by molar-refractivity contribution is 5.46. The molecule has 5 heteroatoms. The van der Waals surface area contributed by atoms with Crippen molar-refractivity contribution in [1.82, 2.24) is 5.32 Å². The maximum Gasteiger partial charge on any atom is 0.161 e. The van der Waals surface area contributed by atoms with E-state index in [9.17, 15) is 0 Å². The van der Waals surface area contributed by atoms with E-state index in [0.29, 0.717) is 0 Å². The lowest BCUT2D eigenvalue weighted by Crippen LogP contribution is -2.35. The van der Waals surface area contributed by atoms with Crippen LogP contribution in [0.3, 0.4) is 0 Å². The molecule has 1 saturated carbocycles. The van der Waals surface area contributed by atoms with Gasteiger partial charge in [-0.15, -0.1) is 0 Å². The molecule has 0 radical (unpaired) electrons. The van der Waals surface area contributed by atoms with Crippen molar-refractivity contribution in [1.29, 1.82) is 0 Å². The summed E-state index contributed by atoms with van der Waals surface area (Å²) in [6.07, 6.45) is 4.88. The average molecular weight is 386 g/mol. The molecule has 0 aromatic heterocycles. The first-order chi connectivity index (χ1) is 13.7. The SMILES string of the molecule is COc1ccc(CNCC2(c3ccc(OC)c(OC)c3)CCCC2)cc1OC. The van der Waals surface area contributed by atoms with Gasteiger partial charge in [-0.3, -0.25) is 0 Å². The normalized spacial score (nSPS) is 15.3. The second-order valence-electron chi connectivity index (χ2n) is 7.35. The van der Waals surface area contributed by atoms with Crippen LogP contribution in [0.4, 0.5) is 0 Å². The van der Waals surface area contributed by atoms with E-state index >= 15 is 0 Å². The second kappa shape index (κ2) is 9.20. The van der Waals surface area contributed by atoms with Gasteiger partial charge < -0.3 is 24.3 Å². The number of hydrogen-bond donors (Lipinski definition) is 1. The van der Waals surface area contributed by atoms with E-state index < -0.39 is 0 Å². The fraction of sp³-hybridized carbons (Fsp3) is 0.478. The van der Waals surface area contributed by atoms with Crippen molar-refractivity contribution in [2.45, 2.75) is 37.6 Å². The van der Waals surface area contributed by atoms with Crippen molar-refractivity contribution >= 4 is 0 Å². The summed E-state index contributed by atoms with van der Waals surface area (Å²) in [5, 5.41) is 3.67. The molecule has 28 heavy (non-hydrogen) atoms. The van der Waals surface area contributed by atoms with Crippen LogP contribution < -0.4 is 24.3 Å². The number of hydrogen-bond acceptors (Lipinski definition) is 5. The summed E-state index contributed by atoms with van der Waals surface area (Å²) < 4.78 is 21.7. The number of nitrogens with one attached hydrogen (secondary N) is 1. The first kappa shape index (κ1) is 20.3. The molecule has 5 nitrogen and oxygen atoms in total. The minimum Gasteiger partial charge on any atom is -0.493 e. The van der Waals surface area contributed by atoms with E-state index in [-0.39, 0.29) is 5.41 Å². The van der Waals surface area contributed by atoms with Crippen LogP contribution in [0.1, 0.15) is 36.8 Å². The van der Waals surface area contributed by atoms with Crippen molar-refractivity contribution in [2.75, 3.05) is 35.0 Å². The van der Waals surface area contributed by atoms with Gasteiger partial charge >= 0.3 is 0 Å². The van der Waals surface area contributed by atoms with Crippen molar-refractivity contribution in [3.8, 4) is 23.0 Å². The predicted octanol–water partition coefficient (Wildman–Crippen LogP) is 4.32. The monoisotopic (exact) mass is 385 g/mol. The summed E-state index contributed by atoms with van der Waals surface area (Å²) in [6.45, 7) is 1.71. The van der Waals surface area contributed by atoms with Crippen LogP contribution in [0, 0.1) is 0 Å². The highest BCUT2D eigenvalue weighted by atomic mass is 16.5. The molecule has 0 bridgehead atoms. The van der Waals surface area contributed by atoms with Crippen molar-refractivity contribution in [3.63, 3.8) is 0 Å². The fourth-order valence-electron chi connectivity index (χ4n) is 4.22. The molecular formula is C23H31NO4. The third-order valence-corrected chi connectivity index (χ3v) is 5.80. The maximum absolute atomic E-state index is 5.53. The van der Waals surface area contributed by atoms with Crippen LogP contribution in [0.15, 0.2) is 36.4 Å². The molecule has 0 unspecified atom stereocenters. The first-order valence-electron chi connectivity index (χ1n) is 9.80. The Labute approximate surface area is 168 Å². The summed E-state index contributed by atoms with van der Waals surface area (Å²) in [4.78, 5) is 0. The average Bonchev–Trinajstić information content (AvgIpc) is 3.23. The molecule has 0 spiro atoms. The Morgan fingerprint density at radius 1 is 0.750 bits per heavy atom. The Hall–Kier alpha value is -2.40. The molecule has 1 N–H and O–H groups in total. The molecule has 1 aliphatic carbocycles. The second-order valence-corrected chi connectivity index (χ2v) is 7.35. The largest absolute Gasteiger partial charge is 0.493 e. The van der Waals surface area contributed by atoms with Gasteiger partial charge in [0.25, 0.3) is 0 Å². The molecule has 0 atom stereocenters. The Kier molecular flexibility index (Phi) is 6.68. The molecular weight excluding hydrogens is 354 g/mol. The zero-order valence-electron chi connectivity index (χ0n) is 17.3. The van der Waals surface area contributed by atoms with E-state index in [1.807, 2.05) is 18.2 Å². The zero-order valence-corrected chi connectivity index (χ0v) is 17.3. The van der Waals surface area contributed by atoms with E-state index in [4.69, 9.17) is 18.9 Å². The molecule has 1 fully saturated rings. The first-order valence-corrected chi connectivity index (χ1v) is 9.80. The smallest absolute Gasteiger partial charge is 0.161 e. The maximum atomic E-state index is 5.53. The fourth-order valence-corrected chi connectivity index (χ4v) is 4.22. The molecule has 0 aliphatic heterocycles. The van der Waals surface area contributed by atoms with E-state index in [0.717, 1.165) is 36.1 Å². The summed E-state index contributed by atoms with van der Waals surface area (Å²) in [5.41, 5.74) is 2.64. The quantitative estimate of drug-likeness (QED) is 0.696. The molecule has 2 aromatic carbocycles. The lowest BCUT2D eigenvalue weighted by Gasteiger charge is -2.31. The number of ether oxygens (including phenoxy) is 4. The Morgan fingerprint density at radius 3 is 1.93 bits per heavy atom.